The Morgan fingerprint density at radius 3 is 2.87 bits per heavy atom. The summed E-state index contributed by atoms with van der Waals surface area (Å²) >= 11 is 9.40. The van der Waals surface area contributed by atoms with Crippen molar-refractivity contribution < 1.29 is 0 Å². The molecule has 1 aromatic carbocycles. The first-order chi connectivity index (χ1) is 7.08. The molecule has 0 radical (unpaired) electrons. The number of nitrogens with zero attached hydrogens (tertiary/aromatic N) is 2. The van der Waals surface area contributed by atoms with Crippen LogP contribution in [-0.4, -0.2) is 9.78 Å². The highest BCUT2D eigenvalue weighted by molar-refractivity contribution is 9.10. The Morgan fingerprint density at radius 2 is 2.20 bits per heavy atom. The topological polar surface area (TPSA) is 17.8 Å². The van der Waals surface area contributed by atoms with E-state index >= 15 is 0 Å². The van der Waals surface area contributed by atoms with Gasteiger partial charge in [0.1, 0.15) is 4.60 Å². The van der Waals surface area contributed by atoms with Gasteiger partial charge >= 0.3 is 0 Å². The smallest absolute Gasteiger partial charge is 0.136 e. The Morgan fingerprint density at radius 1 is 1.47 bits per heavy atom. The van der Waals surface area contributed by atoms with Crippen molar-refractivity contribution in [3.63, 3.8) is 0 Å². The summed E-state index contributed by atoms with van der Waals surface area (Å²) in [5, 5.41) is 6.26. The normalized spacial score (nSPS) is 11.5. The van der Waals surface area contributed by atoms with Gasteiger partial charge in [-0.05, 0) is 40.0 Å². The average molecular weight is 288 g/mol. The fourth-order valence-electron chi connectivity index (χ4n) is 1.60. The molecule has 0 saturated carbocycles. The zero-order valence-corrected chi connectivity index (χ0v) is 11.0. The van der Waals surface area contributed by atoms with Crippen molar-refractivity contribution in [3.8, 4) is 0 Å². The molecule has 0 unspecified atom stereocenters. The van der Waals surface area contributed by atoms with E-state index in [1.54, 1.807) is 0 Å². The SMILES string of the molecule is CC(C)Cn1nc(Br)c2cc(Cl)ccc21. The van der Waals surface area contributed by atoms with Crippen molar-refractivity contribution in [1.82, 2.24) is 9.78 Å². The van der Waals surface area contributed by atoms with Crippen LogP contribution in [0.5, 0.6) is 0 Å². The van der Waals surface area contributed by atoms with Gasteiger partial charge in [-0.2, -0.15) is 5.10 Å². The molecule has 0 saturated heterocycles. The molecule has 4 heteroatoms. The minimum atomic E-state index is 0.579. The van der Waals surface area contributed by atoms with E-state index in [0.29, 0.717) is 5.92 Å². The van der Waals surface area contributed by atoms with Gasteiger partial charge in [-0.25, -0.2) is 0 Å². The Bertz CT molecular complexity index is 491. The molecule has 0 aliphatic rings. The quantitative estimate of drug-likeness (QED) is 0.813. The van der Waals surface area contributed by atoms with Gasteiger partial charge in [0, 0.05) is 17.0 Å². The van der Waals surface area contributed by atoms with E-state index in [2.05, 4.69) is 34.9 Å². The van der Waals surface area contributed by atoms with Crippen molar-refractivity contribution in [2.24, 2.45) is 5.92 Å². The number of halogens is 2. The molecular formula is C11H12BrClN2. The minimum Gasteiger partial charge on any atom is -0.263 e. The van der Waals surface area contributed by atoms with E-state index in [1.807, 2.05) is 22.9 Å². The third kappa shape index (κ3) is 2.18. The van der Waals surface area contributed by atoms with Crippen LogP contribution >= 0.6 is 27.5 Å². The summed E-state index contributed by atoms with van der Waals surface area (Å²) in [5.74, 6) is 0.579. The van der Waals surface area contributed by atoms with E-state index < -0.39 is 0 Å². The number of hydrogen-bond acceptors (Lipinski definition) is 1. The van der Waals surface area contributed by atoms with Crippen LogP contribution in [0.4, 0.5) is 0 Å². The fraction of sp³-hybridized carbons (Fsp3) is 0.364. The summed E-state index contributed by atoms with van der Waals surface area (Å²) in [6.07, 6.45) is 0. The highest BCUT2D eigenvalue weighted by atomic mass is 79.9. The van der Waals surface area contributed by atoms with Crippen molar-refractivity contribution in [2.75, 3.05) is 0 Å². The zero-order chi connectivity index (χ0) is 11.0. The second-order valence-electron chi connectivity index (χ2n) is 4.03. The summed E-state index contributed by atoms with van der Waals surface area (Å²) in [5.41, 5.74) is 1.12. The molecule has 2 nitrogen and oxygen atoms in total. The zero-order valence-electron chi connectivity index (χ0n) is 8.67. The molecule has 2 rings (SSSR count). The van der Waals surface area contributed by atoms with Crippen molar-refractivity contribution in [1.29, 1.82) is 0 Å². The molecule has 0 aliphatic carbocycles. The third-order valence-corrected chi connectivity index (χ3v) is 3.03. The molecule has 0 aliphatic heterocycles. The van der Waals surface area contributed by atoms with Gasteiger partial charge in [0.25, 0.3) is 0 Å². The Hall–Kier alpha value is -0.540. The Kier molecular flexibility index (Phi) is 3.03. The lowest BCUT2D eigenvalue weighted by atomic mass is 10.2. The molecule has 80 valence electrons. The first-order valence-corrected chi connectivity index (χ1v) is 6.06. The minimum absolute atomic E-state index is 0.579. The summed E-state index contributed by atoms with van der Waals surface area (Å²) in [6.45, 7) is 5.28. The third-order valence-electron chi connectivity index (χ3n) is 2.21. The van der Waals surface area contributed by atoms with Gasteiger partial charge in [0.05, 0.1) is 5.52 Å². The maximum absolute atomic E-state index is 5.95. The van der Waals surface area contributed by atoms with E-state index in [9.17, 15) is 0 Å². The molecular weight excluding hydrogens is 275 g/mol. The van der Waals surface area contributed by atoms with Crippen LogP contribution in [0.15, 0.2) is 22.8 Å². The van der Waals surface area contributed by atoms with Gasteiger partial charge < -0.3 is 0 Å². The maximum atomic E-state index is 5.95. The molecule has 0 fully saturated rings. The van der Waals surface area contributed by atoms with Crippen LogP contribution in [0.2, 0.25) is 5.02 Å². The number of hydrogen-bond donors (Lipinski definition) is 0. The largest absolute Gasteiger partial charge is 0.263 e. The highest BCUT2D eigenvalue weighted by Crippen LogP contribution is 2.26. The van der Waals surface area contributed by atoms with Crippen LogP contribution in [0.25, 0.3) is 10.9 Å². The van der Waals surface area contributed by atoms with E-state index in [0.717, 1.165) is 27.1 Å². The molecule has 1 heterocycles. The molecule has 0 bridgehead atoms. The lowest BCUT2D eigenvalue weighted by molar-refractivity contribution is 0.493. The number of aromatic nitrogens is 2. The Balaban J connectivity index is 2.57. The standard InChI is InChI=1S/C11H12BrClN2/c1-7(2)6-15-10-4-3-8(13)5-9(10)11(12)14-15/h3-5,7H,6H2,1-2H3. The van der Waals surface area contributed by atoms with Gasteiger partial charge in [0.2, 0.25) is 0 Å². The highest BCUT2D eigenvalue weighted by Gasteiger charge is 2.09. The molecule has 0 N–H and O–H groups in total. The van der Waals surface area contributed by atoms with Crippen LogP contribution < -0.4 is 0 Å². The molecule has 0 spiro atoms. The summed E-state index contributed by atoms with van der Waals surface area (Å²) in [7, 11) is 0. The second-order valence-corrected chi connectivity index (χ2v) is 5.22. The van der Waals surface area contributed by atoms with E-state index in [-0.39, 0.29) is 0 Å². The average Bonchev–Trinajstić information content (AvgIpc) is 2.42. The summed E-state index contributed by atoms with van der Waals surface area (Å²) in [6, 6.07) is 5.84. The fourth-order valence-corrected chi connectivity index (χ4v) is 2.28. The van der Waals surface area contributed by atoms with E-state index in [1.165, 1.54) is 0 Å². The molecule has 2 aromatic rings. The van der Waals surface area contributed by atoms with Crippen molar-refractivity contribution in [2.45, 2.75) is 20.4 Å². The predicted molar refractivity (Wildman–Crippen MR) is 67.3 cm³/mol. The first kappa shape index (κ1) is 11.0. The molecule has 1 aromatic heterocycles. The van der Waals surface area contributed by atoms with Gasteiger partial charge in [0.15, 0.2) is 0 Å². The number of fused-ring (bicyclic) bond motifs is 1. The number of rotatable bonds is 2. The van der Waals surface area contributed by atoms with Gasteiger partial charge in [-0.3, -0.25) is 4.68 Å². The van der Waals surface area contributed by atoms with Crippen LogP contribution in [0.3, 0.4) is 0 Å². The van der Waals surface area contributed by atoms with Crippen molar-refractivity contribution in [3.05, 3.63) is 27.8 Å². The predicted octanol–water partition coefficient (Wildman–Crippen LogP) is 4.11. The maximum Gasteiger partial charge on any atom is 0.136 e. The van der Waals surface area contributed by atoms with Gasteiger partial charge in [-0.1, -0.05) is 25.4 Å². The Labute approximate surface area is 102 Å². The second kappa shape index (κ2) is 4.14. The first-order valence-electron chi connectivity index (χ1n) is 4.89. The van der Waals surface area contributed by atoms with Crippen LogP contribution in [0.1, 0.15) is 13.8 Å². The van der Waals surface area contributed by atoms with Gasteiger partial charge in [-0.15, -0.1) is 0 Å². The van der Waals surface area contributed by atoms with Crippen molar-refractivity contribution >= 4 is 38.4 Å². The van der Waals surface area contributed by atoms with E-state index in [4.69, 9.17) is 11.6 Å². The monoisotopic (exact) mass is 286 g/mol. The summed E-state index contributed by atoms with van der Waals surface area (Å²) < 4.78 is 2.88. The number of benzene rings is 1. The summed E-state index contributed by atoms with van der Waals surface area (Å²) in [4.78, 5) is 0. The lowest BCUT2D eigenvalue weighted by Crippen LogP contribution is -2.05. The lowest BCUT2D eigenvalue weighted by Gasteiger charge is -2.05. The molecule has 15 heavy (non-hydrogen) atoms. The molecule has 0 atom stereocenters. The van der Waals surface area contributed by atoms with Crippen LogP contribution in [0, 0.1) is 5.92 Å². The van der Waals surface area contributed by atoms with Crippen LogP contribution in [-0.2, 0) is 6.54 Å². The molecule has 0 amide bonds.